The molecule has 10 heteroatoms. The molecule has 2 aliphatic rings. The van der Waals surface area contributed by atoms with Crippen LogP contribution in [0.1, 0.15) is 47.6 Å². The van der Waals surface area contributed by atoms with Gasteiger partial charge in [0, 0.05) is 42.9 Å². The fourth-order valence-electron chi connectivity index (χ4n) is 5.37. The summed E-state index contributed by atoms with van der Waals surface area (Å²) in [6, 6.07) is 12.4. The lowest BCUT2D eigenvalue weighted by Gasteiger charge is -2.30. The molecule has 2 saturated heterocycles. The molecule has 2 fully saturated rings. The van der Waals surface area contributed by atoms with Gasteiger partial charge < -0.3 is 24.3 Å². The average molecular weight is 508 g/mol. The van der Waals surface area contributed by atoms with Gasteiger partial charge in [-0.3, -0.25) is 15.1 Å². The van der Waals surface area contributed by atoms with Crippen LogP contribution in [0.2, 0.25) is 0 Å². The molecule has 0 radical (unpaired) electrons. The molecule has 0 bridgehead atoms. The van der Waals surface area contributed by atoms with Gasteiger partial charge >= 0.3 is 0 Å². The highest BCUT2D eigenvalue weighted by molar-refractivity contribution is 7.80. The average Bonchev–Trinajstić information content (AvgIpc) is 3.58. The summed E-state index contributed by atoms with van der Waals surface area (Å²) in [5, 5.41) is 15.7. The van der Waals surface area contributed by atoms with Crippen LogP contribution in [0.15, 0.2) is 48.7 Å². The summed E-state index contributed by atoms with van der Waals surface area (Å²) in [5.74, 6) is 0.562. The maximum Gasteiger partial charge on any atom is 0.271 e. The number of ether oxygens (including phenoxy) is 2. The lowest BCUT2D eigenvalue weighted by atomic mass is 9.96. The van der Waals surface area contributed by atoms with Crippen molar-refractivity contribution in [2.45, 2.75) is 44.9 Å². The van der Waals surface area contributed by atoms with Gasteiger partial charge in [0.1, 0.15) is 5.75 Å². The first-order chi connectivity index (χ1) is 17.4. The van der Waals surface area contributed by atoms with Crippen molar-refractivity contribution in [2.75, 3.05) is 20.3 Å². The van der Waals surface area contributed by atoms with E-state index in [9.17, 15) is 10.1 Å². The number of methoxy groups -OCH3 is 1. The number of nitrogens with one attached hydrogen (secondary N) is 1. The van der Waals surface area contributed by atoms with Crippen molar-refractivity contribution >= 4 is 23.0 Å². The number of thiocarbonyl (C=S) groups is 1. The Labute approximate surface area is 215 Å². The summed E-state index contributed by atoms with van der Waals surface area (Å²) in [5.41, 5.74) is 4.51. The molecule has 3 aromatic rings. The van der Waals surface area contributed by atoms with Gasteiger partial charge in [0.05, 0.1) is 41.6 Å². The Morgan fingerprint density at radius 2 is 2.11 bits per heavy atom. The van der Waals surface area contributed by atoms with E-state index in [1.165, 1.54) is 6.07 Å². The number of rotatable bonds is 7. The summed E-state index contributed by atoms with van der Waals surface area (Å²) < 4.78 is 13.6. The first-order valence-electron chi connectivity index (χ1n) is 12.0. The molecule has 5 rings (SSSR count). The van der Waals surface area contributed by atoms with Crippen molar-refractivity contribution in [1.29, 1.82) is 0 Å². The first-order valence-corrected chi connectivity index (χ1v) is 12.4. The number of non-ortho nitro benzene ring substituents is 1. The van der Waals surface area contributed by atoms with Crippen molar-refractivity contribution in [2.24, 2.45) is 0 Å². The van der Waals surface area contributed by atoms with E-state index in [2.05, 4.69) is 21.3 Å². The van der Waals surface area contributed by atoms with Gasteiger partial charge in [-0.1, -0.05) is 6.07 Å². The normalized spacial score (nSPS) is 21.6. The maximum absolute atomic E-state index is 11.5. The second kappa shape index (κ2) is 9.87. The number of nitro groups is 1. The third-order valence-corrected chi connectivity index (χ3v) is 7.38. The number of aryl methyl sites for hydroxylation is 1. The molecule has 1 N–H and O–H groups in total. The Kier molecular flexibility index (Phi) is 6.63. The summed E-state index contributed by atoms with van der Waals surface area (Å²) in [6.45, 7) is 5.48. The first kappa shape index (κ1) is 24.2. The summed E-state index contributed by atoms with van der Waals surface area (Å²) in [4.78, 5) is 18.0. The fourth-order valence-corrected chi connectivity index (χ4v) is 5.69. The monoisotopic (exact) mass is 507 g/mol. The van der Waals surface area contributed by atoms with Crippen LogP contribution in [0, 0.1) is 24.0 Å². The molecular formula is C26H29N5O4S. The van der Waals surface area contributed by atoms with Crippen LogP contribution in [-0.4, -0.2) is 50.9 Å². The van der Waals surface area contributed by atoms with Gasteiger partial charge in [-0.2, -0.15) is 0 Å². The number of hydrogen-bond acceptors (Lipinski definition) is 6. The standard InChI is InChI=1S/C26H29N5O4S/c1-16-13-20(17(2)30(16)22-14-18(31(32)33)9-10-23(22)34-3)25-24(21-8-4-5-11-27-21)28-26(36)29(25)15-19-7-6-12-35-19/h4-5,8-11,13-14,19,24-25H,6-7,12,15H2,1-3H3,(H,28,36). The second-order valence-corrected chi connectivity index (χ2v) is 9.58. The van der Waals surface area contributed by atoms with Crippen LogP contribution in [0.4, 0.5) is 5.69 Å². The summed E-state index contributed by atoms with van der Waals surface area (Å²) in [7, 11) is 1.57. The molecule has 2 aromatic heterocycles. The summed E-state index contributed by atoms with van der Waals surface area (Å²) in [6.07, 6.45) is 3.96. The Bertz CT molecular complexity index is 1290. The topological polar surface area (TPSA) is 94.7 Å². The molecule has 4 heterocycles. The highest BCUT2D eigenvalue weighted by Crippen LogP contribution is 2.42. The van der Waals surface area contributed by atoms with Crippen LogP contribution in [0.3, 0.4) is 0 Å². The molecule has 0 aliphatic carbocycles. The lowest BCUT2D eigenvalue weighted by molar-refractivity contribution is -0.384. The number of nitrogens with zero attached hydrogens (tertiary/aromatic N) is 4. The molecule has 0 spiro atoms. The van der Waals surface area contributed by atoms with E-state index in [0.29, 0.717) is 23.1 Å². The largest absolute Gasteiger partial charge is 0.495 e. The van der Waals surface area contributed by atoms with Crippen molar-refractivity contribution in [3.05, 3.63) is 81.4 Å². The Balaban J connectivity index is 1.63. The van der Waals surface area contributed by atoms with E-state index in [0.717, 1.165) is 42.1 Å². The minimum absolute atomic E-state index is 0.00920. The van der Waals surface area contributed by atoms with Gasteiger partial charge in [0.15, 0.2) is 5.11 Å². The predicted octanol–water partition coefficient (Wildman–Crippen LogP) is 4.56. The third kappa shape index (κ3) is 4.31. The van der Waals surface area contributed by atoms with Gasteiger partial charge in [-0.05, 0) is 68.7 Å². The molecule has 3 unspecified atom stereocenters. The van der Waals surface area contributed by atoms with Gasteiger partial charge in [-0.25, -0.2) is 0 Å². The number of benzene rings is 1. The van der Waals surface area contributed by atoms with E-state index in [-0.39, 0.29) is 23.9 Å². The number of nitro benzene ring substituents is 1. The Morgan fingerprint density at radius 3 is 2.78 bits per heavy atom. The van der Waals surface area contributed by atoms with E-state index >= 15 is 0 Å². The van der Waals surface area contributed by atoms with Crippen molar-refractivity contribution in [1.82, 2.24) is 19.8 Å². The molecule has 0 saturated carbocycles. The minimum atomic E-state index is -0.391. The smallest absolute Gasteiger partial charge is 0.271 e. The fraction of sp³-hybridized carbons (Fsp3) is 0.385. The lowest BCUT2D eigenvalue weighted by Crippen LogP contribution is -2.36. The molecule has 36 heavy (non-hydrogen) atoms. The Morgan fingerprint density at radius 1 is 1.28 bits per heavy atom. The second-order valence-electron chi connectivity index (χ2n) is 9.19. The van der Waals surface area contributed by atoms with Crippen LogP contribution < -0.4 is 10.1 Å². The molecule has 0 amide bonds. The molecule has 3 atom stereocenters. The van der Waals surface area contributed by atoms with Crippen LogP contribution in [0.5, 0.6) is 5.75 Å². The van der Waals surface area contributed by atoms with E-state index in [4.69, 9.17) is 21.7 Å². The predicted molar refractivity (Wildman–Crippen MR) is 140 cm³/mol. The highest BCUT2D eigenvalue weighted by Gasteiger charge is 2.42. The maximum atomic E-state index is 11.5. The Hall–Kier alpha value is -3.50. The van der Waals surface area contributed by atoms with Crippen LogP contribution >= 0.6 is 12.2 Å². The van der Waals surface area contributed by atoms with Crippen LogP contribution in [0.25, 0.3) is 5.69 Å². The quantitative estimate of drug-likeness (QED) is 0.283. The highest BCUT2D eigenvalue weighted by atomic mass is 32.1. The van der Waals surface area contributed by atoms with Gasteiger partial charge in [0.2, 0.25) is 0 Å². The number of aromatic nitrogens is 2. The van der Waals surface area contributed by atoms with E-state index in [1.54, 1.807) is 25.4 Å². The van der Waals surface area contributed by atoms with Crippen molar-refractivity contribution < 1.29 is 14.4 Å². The number of hydrogen-bond donors (Lipinski definition) is 1. The van der Waals surface area contributed by atoms with E-state index in [1.807, 2.05) is 36.6 Å². The zero-order chi connectivity index (χ0) is 25.4. The minimum Gasteiger partial charge on any atom is -0.495 e. The molecule has 2 aliphatic heterocycles. The molecule has 1 aromatic carbocycles. The zero-order valence-electron chi connectivity index (χ0n) is 20.5. The van der Waals surface area contributed by atoms with Gasteiger partial charge in [0.25, 0.3) is 5.69 Å². The third-order valence-electron chi connectivity index (χ3n) is 7.03. The van der Waals surface area contributed by atoms with Crippen LogP contribution in [-0.2, 0) is 4.74 Å². The molecule has 9 nitrogen and oxygen atoms in total. The summed E-state index contributed by atoms with van der Waals surface area (Å²) >= 11 is 5.82. The molecule has 188 valence electrons. The molecular weight excluding hydrogens is 478 g/mol. The van der Waals surface area contributed by atoms with E-state index < -0.39 is 4.92 Å². The SMILES string of the molecule is COc1ccc([N+](=O)[O-])cc1-n1c(C)cc(C2C(c3ccccn3)NC(=S)N2CC2CCCO2)c1C. The van der Waals surface area contributed by atoms with Crippen molar-refractivity contribution in [3.63, 3.8) is 0 Å². The van der Waals surface area contributed by atoms with Gasteiger partial charge in [-0.15, -0.1) is 0 Å². The number of pyridine rings is 1. The van der Waals surface area contributed by atoms with Crippen molar-refractivity contribution in [3.8, 4) is 11.4 Å². The zero-order valence-corrected chi connectivity index (χ0v) is 21.3.